The number of nitrogens with zero attached hydrogens (tertiary/aromatic N) is 1. The second-order valence-corrected chi connectivity index (χ2v) is 6.81. The lowest BCUT2D eigenvalue weighted by atomic mass is 10.1. The topological polar surface area (TPSA) is 42.0 Å². The largest absolute Gasteiger partial charge is 0.349 e. The fraction of sp³-hybridized carbons (Fsp3) is 0.176. The molecular weight excluding hydrogens is 331 g/mol. The number of hydrogen-bond donors (Lipinski definition) is 1. The predicted molar refractivity (Wildman–Crippen MR) is 92.1 cm³/mol. The number of nitrogens with one attached hydrogen (secondary N) is 1. The monoisotopic (exact) mass is 346 g/mol. The molecule has 2 heterocycles. The molecule has 0 aliphatic rings. The van der Waals surface area contributed by atoms with Crippen molar-refractivity contribution in [1.29, 1.82) is 0 Å². The van der Waals surface area contributed by atoms with Gasteiger partial charge in [0.1, 0.15) is 10.8 Å². The summed E-state index contributed by atoms with van der Waals surface area (Å²) >= 11 is 3.17. The molecular formula is C17H15FN2OS2. The summed E-state index contributed by atoms with van der Waals surface area (Å²) in [6, 6.07) is 7.99. The van der Waals surface area contributed by atoms with Gasteiger partial charge in [0, 0.05) is 16.3 Å². The van der Waals surface area contributed by atoms with E-state index >= 15 is 0 Å². The lowest BCUT2D eigenvalue weighted by molar-refractivity contribution is -0.121. The van der Waals surface area contributed by atoms with Gasteiger partial charge in [0.25, 0.3) is 0 Å². The van der Waals surface area contributed by atoms with Crippen LogP contribution in [0.2, 0.25) is 0 Å². The van der Waals surface area contributed by atoms with Gasteiger partial charge in [0.05, 0.1) is 18.2 Å². The third kappa shape index (κ3) is 4.03. The SMILES string of the molecule is C[C@H](NC(=O)Cc1csc(-c2ccsc2)n1)c1ccc(F)cc1. The molecule has 1 N–H and O–H groups in total. The Morgan fingerprint density at radius 3 is 2.74 bits per heavy atom. The Morgan fingerprint density at radius 1 is 1.26 bits per heavy atom. The van der Waals surface area contributed by atoms with Crippen molar-refractivity contribution in [1.82, 2.24) is 10.3 Å². The smallest absolute Gasteiger partial charge is 0.226 e. The van der Waals surface area contributed by atoms with Crippen LogP contribution in [0.4, 0.5) is 4.39 Å². The first kappa shape index (κ1) is 15.8. The number of hydrogen-bond acceptors (Lipinski definition) is 4. The highest BCUT2D eigenvalue weighted by Gasteiger charge is 2.13. The minimum atomic E-state index is -0.282. The summed E-state index contributed by atoms with van der Waals surface area (Å²) in [5.41, 5.74) is 2.73. The first-order valence-corrected chi connectivity index (χ1v) is 8.96. The number of rotatable bonds is 5. The molecule has 118 valence electrons. The Labute approximate surface area is 141 Å². The summed E-state index contributed by atoms with van der Waals surface area (Å²) < 4.78 is 12.9. The van der Waals surface area contributed by atoms with E-state index in [9.17, 15) is 9.18 Å². The Hall–Kier alpha value is -2.05. The van der Waals surface area contributed by atoms with E-state index in [-0.39, 0.29) is 24.2 Å². The Morgan fingerprint density at radius 2 is 2.04 bits per heavy atom. The van der Waals surface area contributed by atoms with Crippen LogP contribution in [-0.2, 0) is 11.2 Å². The second-order valence-electron chi connectivity index (χ2n) is 5.17. The second kappa shape index (κ2) is 7.02. The van der Waals surface area contributed by atoms with Crippen molar-refractivity contribution in [3.63, 3.8) is 0 Å². The summed E-state index contributed by atoms with van der Waals surface area (Å²) in [6.45, 7) is 1.88. The minimum absolute atomic E-state index is 0.0935. The van der Waals surface area contributed by atoms with Crippen molar-refractivity contribution in [2.45, 2.75) is 19.4 Å². The van der Waals surface area contributed by atoms with Gasteiger partial charge in [0.2, 0.25) is 5.91 Å². The third-order valence-electron chi connectivity index (χ3n) is 3.41. The maximum atomic E-state index is 12.9. The molecule has 0 saturated carbocycles. The molecule has 2 aromatic heterocycles. The molecule has 3 rings (SSSR count). The van der Waals surface area contributed by atoms with E-state index < -0.39 is 0 Å². The van der Waals surface area contributed by atoms with Crippen molar-refractivity contribution < 1.29 is 9.18 Å². The van der Waals surface area contributed by atoms with Gasteiger partial charge in [-0.25, -0.2) is 9.37 Å². The first-order chi connectivity index (χ1) is 11.1. The number of aromatic nitrogens is 1. The van der Waals surface area contributed by atoms with Crippen LogP contribution >= 0.6 is 22.7 Å². The van der Waals surface area contributed by atoms with Crippen LogP contribution < -0.4 is 5.32 Å². The molecule has 6 heteroatoms. The fourth-order valence-electron chi connectivity index (χ4n) is 2.20. The average Bonchev–Trinajstić information content (AvgIpc) is 3.18. The number of halogens is 1. The molecule has 0 radical (unpaired) electrons. The van der Waals surface area contributed by atoms with E-state index in [1.165, 1.54) is 12.1 Å². The number of carbonyl (C=O) groups excluding carboxylic acids is 1. The van der Waals surface area contributed by atoms with Crippen LogP contribution in [0, 0.1) is 5.82 Å². The highest BCUT2D eigenvalue weighted by molar-refractivity contribution is 7.14. The molecule has 0 aliphatic carbocycles. The Bertz CT molecular complexity index is 781. The molecule has 0 bridgehead atoms. The minimum Gasteiger partial charge on any atom is -0.349 e. The number of benzene rings is 1. The van der Waals surface area contributed by atoms with E-state index in [1.54, 1.807) is 34.8 Å². The van der Waals surface area contributed by atoms with E-state index in [0.29, 0.717) is 0 Å². The van der Waals surface area contributed by atoms with Crippen molar-refractivity contribution in [3.05, 3.63) is 63.5 Å². The molecule has 0 saturated heterocycles. The molecule has 1 amide bonds. The zero-order valence-electron chi connectivity index (χ0n) is 12.5. The van der Waals surface area contributed by atoms with Gasteiger partial charge < -0.3 is 5.32 Å². The van der Waals surface area contributed by atoms with Crippen molar-refractivity contribution in [2.24, 2.45) is 0 Å². The summed E-state index contributed by atoms with van der Waals surface area (Å²) in [5, 5.41) is 9.80. The zero-order chi connectivity index (χ0) is 16.2. The highest BCUT2D eigenvalue weighted by Crippen LogP contribution is 2.25. The lowest BCUT2D eigenvalue weighted by Gasteiger charge is -2.13. The quantitative estimate of drug-likeness (QED) is 0.742. The van der Waals surface area contributed by atoms with Gasteiger partial charge in [-0.1, -0.05) is 12.1 Å². The predicted octanol–water partition coefficient (Wildman–Crippen LogP) is 4.43. The van der Waals surface area contributed by atoms with Crippen LogP contribution in [-0.4, -0.2) is 10.9 Å². The van der Waals surface area contributed by atoms with E-state index in [0.717, 1.165) is 21.8 Å². The van der Waals surface area contributed by atoms with Gasteiger partial charge in [-0.2, -0.15) is 11.3 Å². The molecule has 1 aromatic carbocycles. The number of thiophene rings is 1. The van der Waals surface area contributed by atoms with Gasteiger partial charge in [-0.3, -0.25) is 4.79 Å². The lowest BCUT2D eigenvalue weighted by Crippen LogP contribution is -2.28. The van der Waals surface area contributed by atoms with Crippen LogP contribution in [0.15, 0.2) is 46.5 Å². The Kier molecular flexibility index (Phi) is 4.83. The molecule has 1 atom stereocenters. The van der Waals surface area contributed by atoms with Gasteiger partial charge in [-0.15, -0.1) is 11.3 Å². The van der Waals surface area contributed by atoms with Gasteiger partial charge >= 0.3 is 0 Å². The van der Waals surface area contributed by atoms with Crippen molar-refractivity contribution >= 4 is 28.6 Å². The summed E-state index contributed by atoms with van der Waals surface area (Å²) in [6.07, 6.45) is 0.242. The summed E-state index contributed by atoms with van der Waals surface area (Å²) in [7, 11) is 0. The molecule has 0 aliphatic heterocycles. The standard InChI is InChI=1S/C17H15FN2OS2/c1-11(12-2-4-14(18)5-3-12)19-16(21)8-15-10-23-17(20-15)13-6-7-22-9-13/h2-7,9-11H,8H2,1H3,(H,19,21)/t11-/m0/s1. The average molecular weight is 346 g/mol. The van der Waals surface area contributed by atoms with Crippen LogP contribution in [0.3, 0.4) is 0 Å². The van der Waals surface area contributed by atoms with Crippen molar-refractivity contribution in [2.75, 3.05) is 0 Å². The fourth-order valence-corrected chi connectivity index (χ4v) is 3.73. The number of amides is 1. The van der Waals surface area contributed by atoms with Crippen LogP contribution in [0.5, 0.6) is 0 Å². The highest BCUT2D eigenvalue weighted by atomic mass is 32.1. The number of thiazole rings is 1. The molecule has 0 unspecified atom stereocenters. The Balaban J connectivity index is 1.60. The van der Waals surface area contributed by atoms with E-state index in [1.807, 2.05) is 29.1 Å². The zero-order valence-corrected chi connectivity index (χ0v) is 14.1. The van der Waals surface area contributed by atoms with Gasteiger partial charge in [0.15, 0.2) is 0 Å². The molecule has 3 aromatic rings. The van der Waals surface area contributed by atoms with E-state index in [4.69, 9.17) is 0 Å². The van der Waals surface area contributed by atoms with E-state index in [2.05, 4.69) is 10.3 Å². The third-order valence-corrected chi connectivity index (χ3v) is 5.03. The molecule has 23 heavy (non-hydrogen) atoms. The first-order valence-electron chi connectivity index (χ1n) is 7.13. The summed E-state index contributed by atoms with van der Waals surface area (Å²) in [5.74, 6) is -0.375. The van der Waals surface area contributed by atoms with Crippen LogP contribution in [0.1, 0.15) is 24.2 Å². The number of carbonyl (C=O) groups is 1. The summed E-state index contributed by atoms with van der Waals surface area (Å²) in [4.78, 5) is 16.6. The maximum Gasteiger partial charge on any atom is 0.226 e. The van der Waals surface area contributed by atoms with Gasteiger partial charge in [-0.05, 0) is 36.1 Å². The molecule has 0 fully saturated rings. The normalized spacial score (nSPS) is 12.1. The van der Waals surface area contributed by atoms with Crippen LogP contribution in [0.25, 0.3) is 10.6 Å². The maximum absolute atomic E-state index is 12.9. The molecule has 0 spiro atoms. The molecule has 3 nitrogen and oxygen atoms in total. The van der Waals surface area contributed by atoms with Crippen molar-refractivity contribution in [3.8, 4) is 10.6 Å².